The van der Waals surface area contributed by atoms with E-state index in [1.54, 1.807) is 18.2 Å². The van der Waals surface area contributed by atoms with Gasteiger partial charge in [-0.05, 0) is 35.9 Å². The minimum atomic E-state index is -0.192. The van der Waals surface area contributed by atoms with Crippen molar-refractivity contribution >= 4 is 39.8 Å². The molecule has 0 saturated carbocycles. The van der Waals surface area contributed by atoms with Crippen LogP contribution in [0.5, 0.6) is 0 Å². The highest BCUT2D eigenvalue weighted by atomic mass is 35.5. The van der Waals surface area contributed by atoms with Gasteiger partial charge in [0.1, 0.15) is 5.82 Å². The van der Waals surface area contributed by atoms with Crippen molar-refractivity contribution in [2.75, 3.05) is 5.32 Å². The van der Waals surface area contributed by atoms with E-state index in [-0.39, 0.29) is 5.82 Å². The first-order valence-corrected chi connectivity index (χ1v) is 9.36. The van der Waals surface area contributed by atoms with Gasteiger partial charge in [0.15, 0.2) is 0 Å². The summed E-state index contributed by atoms with van der Waals surface area (Å²) in [6.07, 6.45) is 2.06. The zero-order valence-corrected chi connectivity index (χ0v) is 15.9. The van der Waals surface area contributed by atoms with Crippen molar-refractivity contribution in [3.63, 3.8) is 0 Å². The monoisotopic (exact) mass is 398 g/mol. The molecule has 5 heteroatoms. The number of para-hydroxylation sites is 1. The van der Waals surface area contributed by atoms with Crippen molar-refractivity contribution in [3.05, 3.63) is 99.9 Å². The quantitative estimate of drug-likeness (QED) is 0.393. The number of nitrogens with zero attached hydrogens (tertiary/aromatic N) is 1. The summed E-state index contributed by atoms with van der Waals surface area (Å²) in [5.74, 6) is -0.192. The van der Waals surface area contributed by atoms with Crippen LogP contribution in [-0.4, -0.2) is 4.57 Å². The molecule has 0 atom stereocenters. The Morgan fingerprint density at radius 3 is 2.48 bits per heavy atom. The summed E-state index contributed by atoms with van der Waals surface area (Å²) < 4.78 is 16.2. The Bertz CT molecular complexity index is 1100. The molecule has 0 aliphatic rings. The SMILES string of the molecule is Fc1ccccc1Cn1cc(CNc2ccc(Cl)cc2Cl)c2ccccc21. The van der Waals surface area contributed by atoms with Gasteiger partial charge in [0, 0.05) is 34.2 Å². The standard InChI is InChI=1S/C22H17Cl2FN2/c23-17-9-10-21(19(24)11-17)26-12-16-14-27(22-8-4-2-6-18(16)22)13-15-5-1-3-7-20(15)25/h1-11,14,26H,12-13H2. The van der Waals surface area contributed by atoms with E-state index in [2.05, 4.69) is 28.2 Å². The number of hydrogen-bond acceptors (Lipinski definition) is 1. The van der Waals surface area contributed by atoms with Crippen molar-refractivity contribution in [2.45, 2.75) is 13.1 Å². The number of benzene rings is 3. The largest absolute Gasteiger partial charge is 0.380 e. The zero-order chi connectivity index (χ0) is 18.8. The van der Waals surface area contributed by atoms with Gasteiger partial charge in [-0.3, -0.25) is 0 Å². The summed E-state index contributed by atoms with van der Waals surface area (Å²) in [4.78, 5) is 0. The summed E-state index contributed by atoms with van der Waals surface area (Å²) in [6, 6.07) is 20.4. The van der Waals surface area contributed by atoms with Gasteiger partial charge in [-0.25, -0.2) is 4.39 Å². The predicted molar refractivity (Wildman–Crippen MR) is 111 cm³/mol. The van der Waals surface area contributed by atoms with Crippen LogP contribution in [0.15, 0.2) is 72.9 Å². The second kappa shape index (κ2) is 7.63. The van der Waals surface area contributed by atoms with E-state index in [1.165, 1.54) is 6.07 Å². The third kappa shape index (κ3) is 3.80. The van der Waals surface area contributed by atoms with E-state index in [4.69, 9.17) is 23.2 Å². The van der Waals surface area contributed by atoms with Crippen LogP contribution in [0.4, 0.5) is 10.1 Å². The summed E-state index contributed by atoms with van der Waals surface area (Å²) in [6.45, 7) is 1.08. The molecule has 4 aromatic rings. The van der Waals surface area contributed by atoms with Crippen LogP contribution in [0, 0.1) is 5.82 Å². The van der Waals surface area contributed by atoms with E-state index in [0.717, 1.165) is 22.2 Å². The molecule has 0 aliphatic carbocycles. The van der Waals surface area contributed by atoms with Gasteiger partial charge in [0.2, 0.25) is 0 Å². The molecule has 4 rings (SSSR count). The van der Waals surface area contributed by atoms with Gasteiger partial charge >= 0.3 is 0 Å². The minimum Gasteiger partial charge on any atom is -0.380 e. The van der Waals surface area contributed by atoms with Crippen LogP contribution in [0.1, 0.15) is 11.1 Å². The highest BCUT2D eigenvalue weighted by Crippen LogP contribution is 2.28. The maximum Gasteiger partial charge on any atom is 0.128 e. The van der Waals surface area contributed by atoms with Crippen LogP contribution in [-0.2, 0) is 13.1 Å². The fraction of sp³-hybridized carbons (Fsp3) is 0.0909. The van der Waals surface area contributed by atoms with Gasteiger partial charge in [-0.2, -0.15) is 0 Å². The zero-order valence-electron chi connectivity index (χ0n) is 14.4. The van der Waals surface area contributed by atoms with Crippen LogP contribution >= 0.6 is 23.2 Å². The van der Waals surface area contributed by atoms with Crippen LogP contribution in [0.3, 0.4) is 0 Å². The maximum atomic E-state index is 14.1. The molecular formula is C22H17Cl2FN2. The molecule has 0 bridgehead atoms. The van der Waals surface area contributed by atoms with Crippen molar-refractivity contribution in [2.24, 2.45) is 0 Å². The molecule has 0 spiro atoms. The van der Waals surface area contributed by atoms with E-state index in [9.17, 15) is 4.39 Å². The van der Waals surface area contributed by atoms with E-state index < -0.39 is 0 Å². The first-order chi connectivity index (χ1) is 13.1. The summed E-state index contributed by atoms with van der Waals surface area (Å²) >= 11 is 12.2. The lowest BCUT2D eigenvalue weighted by Crippen LogP contribution is -2.01. The Balaban J connectivity index is 1.64. The lowest BCUT2D eigenvalue weighted by atomic mass is 10.1. The second-order valence-electron chi connectivity index (χ2n) is 6.37. The number of rotatable bonds is 5. The third-order valence-corrected chi connectivity index (χ3v) is 5.12. The fourth-order valence-corrected chi connectivity index (χ4v) is 3.70. The smallest absolute Gasteiger partial charge is 0.128 e. The summed E-state index contributed by atoms with van der Waals surface area (Å²) in [5.41, 5.74) is 3.68. The topological polar surface area (TPSA) is 17.0 Å². The Labute approximate surface area is 167 Å². The highest BCUT2D eigenvalue weighted by Gasteiger charge is 2.11. The average Bonchev–Trinajstić information content (AvgIpc) is 3.01. The molecule has 0 amide bonds. The Morgan fingerprint density at radius 2 is 1.67 bits per heavy atom. The molecular weight excluding hydrogens is 382 g/mol. The number of nitrogens with one attached hydrogen (secondary N) is 1. The van der Waals surface area contributed by atoms with Crippen LogP contribution < -0.4 is 5.32 Å². The Hall–Kier alpha value is -2.49. The lowest BCUT2D eigenvalue weighted by Gasteiger charge is -2.08. The maximum absolute atomic E-state index is 14.1. The van der Waals surface area contributed by atoms with Crippen LogP contribution in [0.25, 0.3) is 10.9 Å². The third-order valence-electron chi connectivity index (χ3n) is 4.57. The average molecular weight is 399 g/mol. The molecule has 1 N–H and O–H groups in total. The van der Waals surface area contributed by atoms with E-state index in [1.807, 2.05) is 30.3 Å². The second-order valence-corrected chi connectivity index (χ2v) is 7.21. The molecule has 0 saturated heterocycles. The van der Waals surface area contributed by atoms with Gasteiger partial charge in [0.25, 0.3) is 0 Å². The molecule has 0 unspecified atom stereocenters. The Kier molecular flexibility index (Phi) is 5.06. The molecule has 27 heavy (non-hydrogen) atoms. The van der Waals surface area contributed by atoms with Crippen LogP contribution in [0.2, 0.25) is 10.0 Å². The van der Waals surface area contributed by atoms with E-state index in [0.29, 0.717) is 28.7 Å². The molecule has 1 aromatic heterocycles. The van der Waals surface area contributed by atoms with Crippen molar-refractivity contribution in [1.29, 1.82) is 0 Å². The van der Waals surface area contributed by atoms with Crippen molar-refractivity contribution in [3.8, 4) is 0 Å². The number of anilines is 1. The Morgan fingerprint density at radius 1 is 0.889 bits per heavy atom. The molecule has 3 aromatic carbocycles. The van der Waals surface area contributed by atoms with Crippen molar-refractivity contribution < 1.29 is 4.39 Å². The number of aromatic nitrogens is 1. The predicted octanol–water partition coefficient (Wildman–Crippen LogP) is 6.75. The molecule has 0 radical (unpaired) electrons. The van der Waals surface area contributed by atoms with Crippen molar-refractivity contribution in [1.82, 2.24) is 4.57 Å². The molecule has 0 aliphatic heterocycles. The number of hydrogen-bond donors (Lipinski definition) is 1. The summed E-state index contributed by atoms with van der Waals surface area (Å²) in [7, 11) is 0. The fourth-order valence-electron chi connectivity index (χ4n) is 3.23. The number of halogens is 3. The van der Waals surface area contributed by atoms with Gasteiger partial charge < -0.3 is 9.88 Å². The molecule has 0 fully saturated rings. The first-order valence-electron chi connectivity index (χ1n) is 8.61. The van der Waals surface area contributed by atoms with Gasteiger partial charge in [-0.1, -0.05) is 59.6 Å². The van der Waals surface area contributed by atoms with Gasteiger partial charge in [0.05, 0.1) is 17.3 Å². The first kappa shape index (κ1) is 17.9. The van der Waals surface area contributed by atoms with Gasteiger partial charge in [-0.15, -0.1) is 0 Å². The highest BCUT2D eigenvalue weighted by molar-refractivity contribution is 6.36. The van der Waals surface area contributed by atoms with E-state index >= 15 is 0 Å². The minimum absolute atomic E-state index is 0.192. The molecule has 1 heterocycles. The summed E-state index contributed by atoms with van der Waals surface area (Å²) in [5, 5.41) is 5.67. The normalized spacial score (nSPS) is 11.1. The molecule has 136 valence electrons. The molecule has 2 nitrogen and oxygen atoms in total. The lowest BCUT2D eigenvalue weighted by molar-refractivity contribution is 0.602. The number of fused-ring (bicyclic) bond motifs is 1.